The monoisotopic (exact) mass is 414 g/mol. The van der Waals surface area contributed by atoms with Gasteiger partial charge >= 0.3 is 5.97 Å². The molecule has 6 nitrogen and oxygen atoms in total. The molecule has 0 aromatic heterocycles. The number of rotatable bonds is 3. The van der Waals surface area contributed by atoms with E-state index < -0.39 is 12.0 Å². The number of carbonyl (C=O) groups excluding carboxylic acids is 1. The first-order chi connectivity index (χ1) is 13.4. The van der Waals surface area contributed by atoms with Crippen LogP contribution in [0, 0.1) is 11.3 Å². The Labute approximate surface area is 172 Å². The number of anilines is 1. The molecule has 2 aromatic rings. The minimum atomic E-state index is -0.567. The van der Waals surface area contributed by atoms with Crippen molar-refractivity contribution in [3.8, 4) is 6.07 Å². The van der Waals surface area contributed by atoms with Gasteiger partial charge < -0.3 is 15.4 Å². The summed E-state index contributed by atoms with van der Waals surface area (Å²) >= 11 is 12.1. The van der Waals surface area contributed by atoms with Crippen molar-refractivity contribution in [3.63, 3.8) is 0 Å². The van der Waals surface area contributed by atoms with E-state index in [0.29, 0.717) is 38.5 Å². The molecular weight excluding hydrogens is 399 g/mol. The lowest BCUT2D eigenvalue weighted by Crippen LogP contribution is -2.36. The molecule has 0 saturated carbocycles. The summed E-state index contributed by atoms with van der Waals surface area (Å²) in [4.78, 5) is 17.0. The van der Waals surface area contributed by atoms with Gasteiger partial charge in [-0.25, -0.2) is 9.79 Å². The fourth-order valence-electron chi connectivity index (χ4n) is 2.82. The highest BCUT2D eigenvalue weighted by molar-refractivity contribution is 6.32. The Morgan fingerprint density at radius 1 is 1.25 bits per heavy atom. The molecule has 28 heavy (non-hydrogen) atoms. The summed E-state index contributed by atoms with van der Waals surface area (Å²) in [6.45, 7) is 1.78. The Bertz CT molecular complexity index is 1020. The van der Waals surface area contributed by atoms with Gasteiger partial charge in [-0.05, 0) is 42.8 Å². The molecular formula is C20H16Cl2N4O2. The van der Waals surface area contributed by atoms with E-state index in [0.717, 1.165) is 5.56 Å². The van der Waals surface area contributed by atoms with Gasteiger partial charge in [0.2, 0.25) is 5.96 Å². The molecule has 0 amide bonds. The van der Waals surface area contributed by atoms with Crippen LogP contribution in [0.3, 0.4) is 0 Å². The normalized spacial score (nSPS) is 16.0. The Hall–Kier alpha value is -3.01. The van der Waals surface area contributed by atoms with Gasteiger partial charge in [-0.2, -0.15) is 5.26 Å². The number of nitrogens with zero attached hydrogens (tertiary/aromatic N) is 2. The number of benzene rings is 2. The van der Waals surface area contributed by atoms with Crippen LogP contribution in [0.4, 0.5) is 5.69 Å². The van der Waals surface area contributed by atoms with Crippen molar-refractivity contribution in [2.45, 2.75) is 13.0 Å². The zero-order chi connectivity index (χ0) is 20.3. The second-order valence-electron chi connectivity index (χ2n) is 6.02. The Balaban J connectivity index is 1.97. The minimum absolute atomic E-state index is 0.334. The molecule has 3 rings (SSSR count). The average molecular weight is 415 g/mol. The number of allylic oxidation sites excluding steroid dienone is 1. The van der Waals surface area contributed by atoms with E-state index >= 15 is 0 Å². The van der Waals surface area contributed by atoms with E-state index in [1.807, 2.05) is 18.2 Å². The second-order valence-corrected chi connectivity index (χ2v) is 6.86. The molecule has 0 aliphatic carbocycles. The van der Waals surface area contributed by atoms with Gasteiger partial charge in [0.05, 0.1) is 23.3 Å². The molecule has 0 bridgehead atoms. The maximum Gasteiger partial charge on any atom is 0.338 e. The summed E-state index contributed by atoms with van der Waals surface area (Å²) < 4.78 is 4.93. The number of guanidine groups is 1. The van der Waals surface area contributed by atoms with Gasteiger partial charge in [0, 0.05) is 16.4 Å². The SMILES string of the molecule is COC(=O)C1=C(C)NC(Nc2ccc(C#N)c(Cl)c2)=N[C@@H]1c1ccc(Cl)cc1. The lowest BCUT2D eigenvalue weighted by molar-refractivity contribution is -0.136. The van der Waals surface area contributed by atoms with Gasteiger partial charge in [-0.3, -0.25) is 0 Å². The molecule has 0 saturated heterocycles. The number of halogens is 2. The summed E-state index contributed by atoms with van der Waals surface area (Å²) in [5.74, 6) is -0.0277. The van der Waals surface area contributed by atoms with Gasteiger partial charge in [0.15, 0.2) is 0 Å². The largest absolute Gasteiger partial charge is 0.466 e. The topological polar surface area (TPSA) is 86.5 Å². The third-order valence-corrected chi connectivity index (χ3v) is 4.75. The van der Waals surface area contributed by atoms with Crippen LogP contribution in [-0.4, -0.2) is 19.0 Å². The van der Waals surface area contributed by atoms with E-state index in [4.69, 9.17) is 33.2 Å². The summed E-state index contributed by atoms with van der Waals surface area (Å²) in [6.07, 6.45) is 0. The second kappa shape index (κ2) is 8.34. The highest BCUT2D eigenvalue weighted by Gasteiger charge is 2.30. The predicted molar refractivity (Wildman–Crippen MR) is 109 cm³/mol. The van der Waals surface area contributed by atoms with E-state index in [1.165, 1.54) is 7.11 Å². The first-order valence-corrected chi connectivity index (χ1v) is 9.04. The van der Waals surface area contributed by atoms with Crippen molar-refractivity contribution in [1.82, 2.24) is 5.32 Å². The van der Waals surface area contributed by atoms with Crippen LogP contribution in [0.1, 0.15) is 24.1 Å². The zero-order valence-electron chi connectivity index (χ0n) is 15.1. The summed E-state index contributed by atoms with van der Waals surface area (Å²) in [6, 6.07) is 13.5. The maximum atomic E-state index is 12.3. The quantitative estimate of drug-likeness (QED) is 0.725. The van der Waals surface area contributed by atoms with Crippen LogP contribution in [0.15, 0.2) is 58.7 Å². The number of hydrogen-bond donors (Lipinski definition) is 2. The van der Waals surface area contributed by atoms with E-state index in [1.54, 1.807) is 37.3 Å². The van der Waals surface area contributed by atoms with E-state index in [-0.39, 0.29) is 0 Å². The highest BCUT2D eigenvalue weighted by atomic mass is 35.5. The average Bonchev–Trinajstić information content (AvgIpc) is 2.68. The minimum Gasteiger partial charge on any atom is -0.466 e. The maximum absolute atomic E-state index is 12.3. The van der Waals surface area contributed by atoms with Crippen molar-refractivity contribution in [3.05, 3.63) is 74.9 Å². The third kappa shape index (κ3) is 4.11. The number of nitriles is 1. The fraction of sp³-hybridized carbons (Fsp3) is 0.150. The zero-order valence-corrected chi connectivity index (χ0v) is 16.6. The van der Waals surface area contributed by atoms with Gasteiger partial charge in [-0.1, -0.05) is 35.3 Å². The van der Waals surface area contributed by atoms with Crippen molar-refractivity contribution in [2.75, 3.05) is 12.4 Å². The molecule has 142 valence electrons. The van der Waals surface area contributed by atoms with Crippen LogP contribution >= 0.6 is 23.2 Å². The molecule has 0 unspecified atom stereocenters. The number of aliphatic imine (C=N–C) groups is 1. The van der Waals surface area contributed by atoms with Crippen molar-refractivity contribution in [1.29, 1.82) is 5.26 Å². The fourth-order valence-corrected chi connectivity index (χ4v) is 3.17. The first-order valence-electron chi connectivity index (χ1n) is 8.29. The van der Waals surface area contributed by atoms with Crippen molar-refractivity contribution < 1.29 is 9.53 Å². The molecule has 8 heteroatoms. The van der Waals surface area contributed by atoms with Gasteiger partial charge in [-0.15, -0.1) is 0 Å². The molecule has 1 aliphatic heterocycles. The summed E-state index contributed by atoms with van der Waals surface area (Å²) in [5, 5.41) is 16.1. The number of esters is 1. The molecule has 0 fully saturated rings. The number of ether oxygens (including phenoxy) is 1. The van der Waals surface area contributed by atoms with Crippen molar-refractivity contribution >= 4 is 40.8 Å². The van der Waals surface area contributed by atoms with Crippen LogP contribution in [0.2, 0.25) is 10.0 Å². The van der Waals surface area contributed by atoms with Crippen LogP contribution in [0.25, 0.3) is 0 Å². The number of carbonyl (C=O) groups is 1. The number of nitrogens with one attached hydrogen (secondary N) is 2. The summed E-state index contributed by atoms with van der Waals surface area (Å²) in [7, 11) is 1.33. The van der Waals surface area contributed by atoms with Crippen molar-refractivity contribution in [2.24, 2.45) is 4.99 Å². The Kier molecular flexibility index (Phi) is 5.88. The van der Waals surface area contributed by atoms with Crippen LogP contribution < -0.4 is 10.6 Å². The predicted octanol–water partition coefficient (Wildman–Crippen LogP) is 4.42. The van der Waals surface area contributed by atoms with Crippen LogP contribution in [-0.2, 0) is 9.53 Å². The standard InChI is InChI=1S/C20H16Cl2N4O2/c1-11-17(19(27)28-2)18(12-3-6-14(21)7-4-12)26-20(24-11)25-15-8-5-13(10-23)16(22)9-15/h3-9,18H,1-2H3,(H2,24,25,26)/t18-/m1/s1. The Morgan fingerprint density at radius 3 is 2.57 bits per heavy atom. The smallest absolute Gasteiger partial charge is 0.338 e. The summed E-state index contributed by atoms with van der Waals surface area (Å²) in [5.41, 5.74) is 2.85. The van der Waals surface area contributed by atoms with Gasteiger partial charge in [0.1, 0.15) is 12.1 Å². The molecule has 1 heterocycles. The third-order valence-electron chi connectivity index (χ3n) is 4.18. The first kappa shape index (κ1) is 19.7. The highest BCUT2D eigenvalue weighted by Crippen LogP contribution is 2.32. The molecule has 1 aliphatic rings. The number of methoxy groups -OCH3 is 1. The number of hydrogen-bond acceptors (Lipinski definition) is 6. The molecule has 2 aromatic carbocycles. The molecule has 1 atom stereocenters. The molecule has 0 spiro atoms. The van der Waals surface area contributed by atoms with E-state index in [2.05, 4.69) is 15.6 Å². The van der Waals surface area contributed by atoms with Gasteiger partial charge in [0.25, 0.3) is 0 Å². The van der Waals surface area contributed by atoms with Crippen LogP contribution in [0.5, 0.6) is 0 Å². The Morgan fingerprint density at radius 2 is 1.96 bits per heavy atom. The lowest BCUT2D eigenvalue weighted by atomic mass is 9.96. The van der Waals surface area contributed by atoms with E-state index in [9.17, 15) is 4.79 Å². The molecule has 0 radical (unpaired) electrons. The molecule has 2 N–H and O–H groups in total. The lowest BCUT2D eigenvalue weighted by Gasteiger charge is -2.26.